The van der Waals surface area contributed by atoms with Gasteiger partial charge in [-0.3, -0.25) is 9.69 Å². The van der Waals surface area contributed by atoms with Crippen LogP contribution in [0.3, 0.4) is 0 Å². The lowest BCUT2D eigenvalue weighted by Crippen LogP contribution is -2.49. The van der Waals surface area contributed by atoms with Crippen LogP contribution in [0.15, 0.2) is 48.5 Å². The molecule has 1 saturated heterocycles. The molecule has 0 atom stereocenters. The smallest absolute Gasteiger partial charge is 0.234 e. The van der Waals surface area contributed by atoms with Crippen LogP contribution in [0.25, 0.3) is 0 Å². The number of amides is 1. The molecule has 0 aliphatic carbocycles. The minimum atomic E-state index is 0.1000. The molecule has 1 amide bonds. The Morgan fingerprint density at radius 3 is 2.50 bits per heavy atom. The standard InChI is InChI=1S/C21H26ClN3O/c1-17-3-2-4-20(15-17)25-13-11-24(12-14-25)16-21(26)23-10-9-18-5-7-19(22)8-6-18/h2-8,15H,9-14,16H2,1H3,(H,23,26). The van der Waals surface area contributed by atoms with Gasteiger partial charge in [0.05, 0.1) is 6.54 Å². The molecule has 3 rings (SSSR count). The van der Waals surface area contributed by atoms with Gasteiger partial charge in [-0.25, -0.2) is 0 Å². The minimum absolute atomic E-state index is 0.1000. The van der Waals surface area contributed by atoms with E-state index in [4.69, 9.17) is 11.6 Å². The summed E-state index contributed by atoms with van der Waals surface area (Å²) in [5, 5.41) is 3.75. The van der Waals surface area contributed by atoms with E-state index in [0.717, 1.165) is 37.6 Å². The van der Waals surface area contributed by atoms with Gasteiger partial charge in [0, 0.05) is 43.4 Å². The largest absolute Gasteiger partial charge is 0.369 e. The summed E-state index contributed by atoms with van der Waals surface area (Å²) in [6.45, 7) is 7.00. The van der Waals surface area contributed by atoms with Crippen molar-refractivity contribution in [2.24, 2.45) is 0 Å². The summed E-state index contributed by atoms with van der Waals surface area (Å²) in [6.07, 6.45) is 0.823. The predicted octanol–water partition coefficient (Wildman–Crippen LogP) is 3.13. The van der Waals surface area contributed by atoms with Crippen LogP contribution in [-0.4, -0.2) is 50.1 Å². The van der Waals surface area contributed by atoms with Gasteiger partial charge in [-0.1, -0.05) is 35.9 Å². The summed E-state index contributed by atoms with van der Waals surface area (Å²) in [4.78, 5) is 16.8. The summed E-state index contributed by atoms with van der Waals surface area (Å²) in [5.74, 6) is 0.1000. The molecular formula is C21H26ClN3O. The molecule has 5 heteroatoms. The SMILES string of the molecule is Cc1cccc(N2CCN(CC(=O)NCCc3ccc(Cl)cc3)CC2)c1. The fourth-order valence-corrected chi connectivity index (χ4v) is 3.37. The van der Waals surface area contributed by atoms with Crippen LogP contribution in [-0.2, 0) is 11.2 Å². The lowest BCUT2D eigenvalue weighted by Gasteiger charge is -2.35. The summed E-state index contributed by atoms with van der Waals surface area (Å²) in [6, 6.07) is 16.4. The van der Waals surface area contributed by atoms with Crippen molar-refractivity contribution in [2.75, 3.05) is 44.2 Å². The van der Waals surface area contributed by atoms with Gasteiger partial charge in [-0.15, -0.1) is 0 Å². The summed E-state index contributed by atoms with van der Waals surface area (Å²) < 4.78 is 0. The second-order valence-corrected chi connectivity index (χ2v) is 7.27. The molecule has 4 nitrogen and oxygen atoms in total. The van der Waals surface area contributed by atoms with E-state index in [9.17, 15) is 4.79 Å². The summed E-state index contributed by atoms with van der Waals surface area (Å²) in [5.41, 5.74) is 3.74. The molecule has 0 bridgehead atoms. The fraction of sp³-hybridized carbons (Fsp3) is 0.381. The number of nitrogens with zero attached hydrogens (tertiary/aromatic N) is 2. The van der Waals surface area contributed by atoms with Gasteiger partial charge in [-0.05, 0) is 48.7 Å². The molecule has 26 heavy (non-hydrogen) atoms. The van der Waals surface area contributed by atoms with Crippen LogP contribution >= 0.6 is 11.6 Å². The van der Waals surface area contributed by atoms with Crippen molar-refractivity contribution >= 4 is 23.2 Å². The van der Waals surface area contributed by atoms with Gasteiger partial charge >= 0.3 is 0 Å². The zero-order valence-corrected chi connectivity index (χ0v) is 16.0. The number of benzene rings is 2. The number of halogens is 1. The third-order valence-corrected chi connectivity index (χ3v) is 5.01. The van der Waals surface area contributed by atoms with Crippen LogP contribution in [0, 0.1) is 6.92 Å². The molecule has 0 radical (unpaired) electrons. The first-order valence-electron chi connectivity index (χ1n) is 9.15. The number of aryl methyl sites for hydroxylation is 1. The molecule has 2 aromatic carbocycles. The topological polar surface area (TPSA) is 35.6 Å². The maximum atomic E-state index is 12.2. The van der Waals surface area contributed by atoms with Gasteiger partial charge in [0.25, 0.3) is 0 Å². The van der Waals surface area contributed by atoms with E-state index in [1.54, 1.807) is 0 Å². The molecule has 1 N–H and O–H groups in total. The van der Waals surface area contributed by atoms with E-state index in [-0.39, 0.29) is 5.91 Å². The Hall–Kier alpha value is -2.04. The van der Waals surface area contributed by atoms with Crippen molar-refractivity contribution in [3.05, 3.63) is 64.7 Å². The number of rotatable bonds is 6. The van der Waals surface area contributed by atoms with Crippen molar-refractivity contribution in [2.45, 2.75) is 13.3 Å². The monoisotopic (exact) mass is 371 g/mol. The third kappa shape index (κ3) is 5.48. The van der Waals surface area contributed by atoms with E-state index < -0.39 is 0 Å². The van der Waals surface area contributed by atoms with E-state index in [1.807, 2.05) is 24.3 Å². The normalized spacial score (nSPS) is 15.1. The molecule has 1 fully saturated rings. The Kier molecular flexibility index (Phi) is 6.53. The Balaban J connectivity index is 1.37. The number of carbonyl (C=O) groups is 1. The van der Waals surface area contributed by atoms with Gasteiger partial charge in [0.15, 0.2) is 0 Å². The van der Waals surface area contributed by atoms with E-state index in [1.165, 1.54) is 16.8 Å². The number of piperazine rings is 1. The molecule has 138 valence electrons. The van der Waals surface area contributed by atoms with Gasteiger partial charge < -0.3 is 10.2 Å². The van der Waals surface area contributed by atoms with Crippen molar-refractivity contribution in [3.63, 3.8) is 0 Å². The van der Waals surface area contributed by atoms with E-state index in [0.29, 0.717) is 13.1 Å². The van der Waals surface area contributed by atoms with Crippen molar-refractivity contribution in [1.82, 2.24) is 10.2 Å². The fourth-order valence-electron chi connectivity index (χ4n) is 3.25. The number of anilines is 1. The molecule has 0 aromatic heterocycles. The molecule has 1 heterocycles. The minimum Gasteiger partial charge on any atom is -0.369 e. The molecule has 0 saturated carbocycles. The zero-order valence-electron chi connectivity index (χ0n) is 15.2. The van der Waals surface area contributed by atoms with Crippen LogP contribution < -0.4 is 10.2 Å². The molecular weight excluding hydrogens is 346 g/mol. The molecule has 0 spiro atoms. The molecule has 2 aromatic rings. The first-order chi connectivity index (χ1) is 12.6. The van der Waals surface area contributed by atoms with Gasteiger partial charge in [-0.2, -0.15) is 0 Å². The van der Waals surface area contributed by atoms with Gasteiger partial charge in [0.1, 0.15) is 0 Å². The highest BCUT2D eigenvalue weighted by Gasteiger charge is 2.19. The Bertz CT molecular complexity index is 724. The number of carbonyl (C=O) groups excluding carboxylic acids is 1. The zero-order chi connectivity index (χ0) is 18.4. The lowest BCUT2D eigenvalue weighted by molar-refractivity contribution is -0.122. The average molecular weight is 372 g/mol. The maximum Gasteiger partial charge on any atom is 0.234 e. The Morgan fingerprint density at radius 2 is 1.81 bits per heavy atom. The maximum absolute atomic E-state index is 12.2. The van der Waals surface area contributed by atoms with E-state index in [2.05, 4.69) is 46.3 Å². The Labute approximate surface area is 160 Å². The van der Waals surface area contributed by atoms with Gasteiger partial charge in [0.2, 0.25) is 5.91 Å². The number of hydrogen-bond donors (Lipinski definition) is 1. The van der Waals surface area contributed by atoms with Crippen LogP contribution in [0.5, 0.6) is 0 Å². The second-order valence-electron chi connectivity index (χ2n) is 6.83. The highest BCUT2D eigenvalue weighted by Crippen LogP contribution is 2.17. The van der Waals surface area contributed by atoms with E-state index >= 15 is 0 Å². The molecule has 1 aliphatic heterocycles. The highest BCUT2D eigenvalue weighted by atomic mass is 35.5. The summed E-state index contributed by atoms with van der Waals surface area (Å²) in [7, 11) is 0. The average Bonchev–Trinajstić information content (AvgIpc) is 2.64. The first-order valence-corrected chi connectivity index (χ1v) is 9.53. The van der Waals surface area contributed by atoms with Crippen molar-refractivity contribution < 1.29 is 4.79 Å². The number of hydrogen-bond acceptors (Lipinski definition) is 3. The van der Waals surface area contributed by atoms with Crippen molar-refractivity contribution in [3.8, 4) is 0 Å². The molecule has 1 aliphatic rings. The first kappa shape index (κ1) is 18.7. The predicted molar refractivity (Wildman–Crippen MR) is 108 cm³/mol. The highest BCUT2D eigenvalue weighted by molar-refractivity contribution is 6.30. The lowest BCUT2D eigenvalue weighted by atomic mass is 10.1. The van der Waals surface area contributed by atoms with Crippen LogP contribution in [0.2, 0.25) is 5.02 Å². The third-order valence-electron chi connectivity index (χ3n) is 4.76. The quantitative estimate of drug-likeness (QED) is 0.847. The van der Waals surface area contributed by atoms with Crippen LogP contribution in [0.1, 0.15) is 11.1 Å². The van der Waals surface area contributed by atoms with Crippen molar-refractivity contribution in [1.29, 1.82) is 0 Å². The van der Waals surface area contributed by atoms with Crippen LogP contribution in [0.4, 0.5) is 5.69 Å². The molecule has 0 unspecified atom stereocenters. The Morgan fingerprint density at radius 1 is 1.08 bits per heavy atom. The second kappa shape index (κ2) is 9.06. The summed E-state index contributed by atoms with van der Waals surface area (Å²) >= 11 is 5.88. The number of nitrogens with one attached hydrogen (secondary N) is 1.